The topological polar surface area (TPSA) is 45.2 Å². The van der Waals surface area contributed by atoms with Crippen molar-refractivity contribution in [3.05, 3.63) is 10.6 Å². The molecule has 1 aromatic heterocycles. The van der Waals surface area contributed by atoms with Gasteiger partial charge >= 0.3 is 0 Å². The fraction of sp³-hybridized carbons (Fsp3) is 0.706. The molecule has 0 radical (unpaired) electrons. The number of nitrogens with one attached hydrogen (secondary N) is 1. The van der Waals surface area contributed by atoms with Crippen molar-refractivity contribution >= 4 is 50.7 Å². The maximum atomic E-state index is 12.2. The Morgan fingerprint density at radius 3 is 3.04 bits per heavy atom. The van der Waals surface area contributed by atoms with Gasteiger partial charge in [-0.15, -0.1) is 11.3 Å². The van der Waals surface area contributed by atoms with E-state index in [9.17, 15) is 4.79 Å². The first-order chi connectivity index (χ1) is 11.5. The molecule has 3 rings (SSSR count). The molecule has 0 bridgehead atoms. The number of hydrogen-bond acceptors (Lipinski definition) is 5. The van der Waals surface area contributed by atoms with E-state index in [0.717, 1.165) is 34.8 Å². The summed E-state index contributed by atoms with van der Waals surface area (Å²) < 4.78 is 0.851. The lowest BCUT2D eigenvalue weighted by Crippen LogP contribution is -2.40. The minimum Gasteiger partial charge on any atom is -0.355 e. The summed E-state index contributed by atoms with van der Waals surface area (Å²) in [5.74, 6) is 1.08. The second-order valence-corrected chi connectivity index (χ2v) is 9.57. The number of aromatic nitrogens is 1. The molecule has 132 valence electrons. The zero-order valence-electron chi connectivity index (χ0n) is 14.3. The normalized spacial score (nSPS) is 23.7. The Kier molecular flexibility index (Phi) is 6.16. The number of thiazole rings is 1. The van der Waals surface area contributed by atoms with Gasteiger partial charge in [0.1, 0.15) is 4.32 Å². The van der Waals surface area contributed by atoms with Crippen LogP contribution >= 0.6 is 35.3 Å². The van der Waals surface area contributed by atoms with Crippen molar-refractivity contribution in [3.63, 3.8) is 0 Å². The zero-order valence-corrected chi connectivity index (χ0v) is 16.8. The summed E-state index contributed by atoms with van der Waals surface area (Å²) in [6.45, 7) is 5.51. The molecule has 2 aliphatic rings. The van der Waals surface area contributed by atoms with Crippen LogP contribution in [0.3, 0.4) is 0 Å². The predicted octanol–water partition coefficient (Wildman–Crippen LogP) is 4.10. The molecular weight excluding hydrogens is 358 g/mol. The number of thiocarbonyl (C=S) groups is 1. The van der Waals surface area contributed by atoms with Gasteiger partial charge in [0.15, 0.2) is 5.13 Å². The van der Waals surface area contributed by atoms with Gasteiger partial charge in [0, 0.05) is 17.5 Å². The second kappa shape index (κ2) is 8.15. The summed E-state index contributed by atoms with van der Waals surface area (Å²) in [7, 11) is 0. The number of nitrogens with zero attached hydrogens (tertiary/aromatic N) is 2. The van der Waals surface area contributed by atoms with Gasteiger partial charge in [-0.3, -0.25) is 4.79 Å². The highest BCUT2D eigenvalue weighted by Crippen LogP contribution is 2.32. The van der Waals surface area contributed by atoms with Crippen molar-refractivity contribution < 1.29 is 4.79 Å². The van der Waals surface area contributed by atoms with Crippen molar-refractivity contribution in [2.45, 2.75) is 58.4 Å². The van der Waals surface area contributed by atoms with Crippen LogP contribution in [-0.4, -0.2) is 38.5 Å². The van der Waals surface area contributed by atoms with E-state index in [1.54, 1.807) is 11.3 Å². The van der Waals surface area contributed by atoms with Crippen LogP contribution in [0.25, 0.3) is 0 Å². The Hall–Kier alpha value is -0.660. The Bertz CT molecular complexity index is 616. The zero-order chi connectivity index (χ0) is 17.1. The monoisotopic (exact) mass is 383 g/mol. The fourth-order valence-electron chi connectivity index (χ4n) is 3.33. The molecule has 2 heterocycles. The van der Waals surface area contributed by atoms with Crippen LogP contribution < -0.4 is 5.32 Å². The van der Waals surface area contributed by atoms with Gasteiger partial charge in [-0.25, -0.2) is 4.98 Å². The molecule has 0 aromatic carbocycles. The largest absolute Gasteiger partial charge is 0.355 e. The van der Waals surface area contributed by atoms with Crippen LogP contribution in [-0.2, 0) is 17.6 Å². The lowest BCUT2D eigenvalue weighted by molar-refractivity contribution is -0.113. The standard InChI is InChI=1S/C17H25N3OS3/c1-11-6-7-13-14(9-11)24-16(18-13)19-15(21)10-23-17(22)20-8-4-3-5-12(20)2/h11-12H,3-10H2,1-2H3,(H,18,19,21)/t11-,12+/m0/s1. The molecule has 24 heavy (non-hydrogen) atoms. The van der Waals surface area contributed by atoms with Gasteiger partial charge < -0.3 is 10.2 Å². The maximum absolute atomic E-state index is 12.2. The molecule has 4 nitrogen and oxygen atoms in total. The number of carbonyl (C=O) groups excluding carboxylic acids is 1. The van der Waals surface area contributed by atoms with E-state index in [0.29, 0.717) is 11.8 Å². The minimum atomic E-state index is -0.00819. The average molecular weight is 384 g/mol. The Morgan fingerprint density at radius 2 is 2.25 bits per heavy atom. The van der Waals surface area contributed by atoms with E-state index in [1.165, 1.54) is 48.0 Å². The van der Waals surface area contributed by atoms with E-state index in [2.05, 4.69) is 29.0 Å². The van der Waals surface area contributed by atoms with E-state index < -0.39 is 0 Å². The third-order valence-corrected chi connectivity index (χ3v) is 7.31. The highest BCUT2D eigenvalue weighted by atomic mass is 32.2. The number of aryl methyl sites for hydroxylation is 1. The molecule has 1 amide bonds. The Balaban J connectivity index is 1.48. The quantitative estimate of drug-likeness (QED) is 0.796. The van der Waals surface area contributed by atoms with Crippen molar-refractivity contribution in [2.75, 3.05) is 17.6 Å². The number of likely N-dealkylation sites (tertiary alicyclic amines) is 1. The number of carbonyl (C=O) groups is 1. The molecule has 0 saturated carbocycles. The van der Waals surface area contributed by atoms with Crippen LogP contribution in [0, 0.1) is 5.92 Å². The summed E-state index contributed by atoms with van der Waals surface area (Å²) in [5, 5.41) is 3.70. The SMILES string of the molecule is C[C@H]1CCc2nc(NC(=O)CSC(=S)N3CCCC[C@H]3C)sc2C1. The van der Waals surface area contributed by atoms with Crippen LogP contribution in [0.4, 0.5) is 5.13 Å². The van der Waals surface area contributed by atoms with Gasteiger partial charge in [0.05, 0.1) is 11.4 Å². The fourth-order valence-corrected chi connectivity index (χ4v) is 5.73. The third kappa shape index (κ3) is 4.49. The number of fused-ring (bicyclic) bond motifs is 1. The summed E-state index contributed by atoms with van der Waals surface area (Å²) in [5.41, 5.74) is 1.18. The van der Waals surface area contributed by atoms with Gasteiger partial charge in [-0.1, -0.05) is 30.9 Å². The molecule has 1 N–H and O–H groups in total. The van der Waals surface area contributed by atoms with E-state index in [4.69, 9.17) is 12.2 Å². The maximum Gasteiger partial charge on any atom is 0.236 e. The summed E-state index contributed by atoms with van der Waals surface area (Å²) in [6.07, 6.45) is 6.99. The molecule has 1 aliphatic carbocycles. The molecule has 1 aromatic rings. The van der Waals surface area contributed by atoms with Crippen molar-refractivity contribution in [3.8, 4) is 0 Å². The van der Waals surface area contributed by atoms with Crippen molar-refractivity contribution in [1.29, 1.82) is 0 Å². The number of amides is 1. The first-order valence-corrected chi connectivity index (χ1v) is 11.0. The van der Waals surface area contributed by atoms with Gasteiger partial charge in [-0.05, 0) is 51.4 Å². The number of rotatable bonds is 3. The van der Waals surface area contributed by atoms with Crippen molar-refractivity contribution in [1.82, 2.24) is 9.88 Å². The molecule has 2 atom stereocenters. The van der Waals surface area contributed by atoms with Crippen LogP contribution in [0.1, 0.15) is 50.1 Å². The first kappa shape index (κ1) is 18.1. The van der Waals surface area contributed by atoms with E-state index in [1.807, 2.05) is 0 Å². The minimum absolute atomic E-state index is 0.00819. The van der Waals surface area contributed by atoms with Gasteiger partial charge in [-0.2, -0.15) is 0 Å². The summed E-state index contributed by atoms with van der Waals surface area (Å²) in [4.78, 5) is 20.4. The highest BCUT2D eigenvalue weighted by molar-refractivity contribution is 8.23. The predicted molar refractivity (Wildman–Crippen MR) is 107 cm³/mol. The van der Waals surface area contributed by atoms with E-state index in [-0.39, 0.29) is 5.91 Å². The van der Waals surface area contributed by atoms with Crippen LogP contribution in [0.15, 0.2) is 0 Å². The van der Waals surface area contributed by atoms with Gasteiger partial charge in [0.25, 0.3) is 0 Å². The molecule has 0 spiro atoms. The molecule has 7 heteroatoms. The summed E-state index contributed by atoms with van der Waals surface area (Å²) in [6, 6.07) is 0.495. The lowest BCUT2D eigenvalue weighted by atomic mass is 9.93. The van der Waals surface area contributed by atoms with Crippen molar-refractivity contribution in [2.24, 2.45) is 5.92 Å². The molecule has 1 fully saturated rings. The Morgan fingerprint density at radius 1 is 1.42 bits per heavy atom. The number of hydrogen-bond donors (Lipinski definition) is 1. The number of thioether (sulfide) groups is 1. The number of piperidine rings is 1. The first-order valence-electron chi connectivity index (χ1n) is 8.74. The molecule has 0 unspecified atom stereocenters. The summed E-state index contributed by atoms with van der Waals surface area (Å²) >= 11 is 8.62. The Labute approximate surface area is 157 Å². The van der Waals surface area contributed by atoms with Crippen LogP contribution in [0.2, 0.25) is 0 Å². The smallest absolute Gasteiger partial charge is 0.236 e. The van der Waals surface area contributed by atoms with E-state index >= 15 is 0 Å². The molecule has 1 saturated heterocycles. The lowest BCUT2D eigenvalue weighted by Gasteiger charge is -2.34. The molecular formula is C17H25N3OS3. The average Bonchev–Trinajstić information content (AvgIpc) is 2.94. The van der Waals surface area contributed by atoms with Crippen LogP contribution in [0.5, 0.6) is 0 Å². The second-order valence-electron chi connectivity index (χ2n) is 6.88. The highest BCUT2D eigenvalue weighted by Gasteiger charge is 2.23. The molecule has 1 aliphatic heterocycles. The van der Waals surface area contributed by atoms with Gasteiger partial charge in [0.2, 0.25) is 5.91 Å². The number of anilines is 1. The third-order valence-electron chi connectivity index (χ3n) is 4.80.